The van der Waals surface area contributed by atoms with Gasteiger partial charge >= 0.3 is 5.97 Å². The Kier molecular flexibility index (Phi) is 8.08. The second-order valence-electron chi connectivity index (χ2n) is 8.20. The van der Waals surface area contributed by atoms with Crippen molar-refractivity contribution in [3.05, 3.63) is 107 Å². The number of rotatable bonds is 10. The van der Waals surface area contributed by atoms with E-state index in [1.54, 1.807) is 13.3 Å². The van der Waals surface area contributed by atoms with Gasteiger partial charge in [0.15, 0.2) is 0 Å². The first-order chi connectivity index (χ1) is 17.6. The summed E-state index contributed by atoms with van der Waals surface area (Å²) in [4.78, 5) is 30.3. The Bertz CT molecular complexity index is 1270. The molecule has 1 aliphatic rings. The molecular formula is C28H28N4O4. The number of carbonyl (C=O) groups is 2. The van der Waals surface area contributed by atoms with Crippen molar-refractivity contribution in [2.24, 2.45) is 5.10 Å². The van der Waals surface area contributed by atoms with E-state index in [1.165, 1.54) is 12.1 Å². The monoisotopic (exact) mass is 484 g/mol. The molecule has 1 aliphatic heterocycles. The molecular weight excluding hydrogens is 456 g/mol. The number of nitrogens with zero attached hydrogens (tertiary/aromatic N) is 3. The van der Waals surface area contributed by atoms with Crippen LogP contribution in [0.2, 0.25) is 0 Å². The van der Waals surface area contributed by atoms with Crippen LogP contribution in [0.4, 0.5) is 0 Å². The maximum absolute atomic E-state index is 13.7. The lowest BCUT2D eigenvalue weighted by molar-refractivity contribution is -0.139. The molecule has 2 aromatic carbocycles. The van der Waals surface area contributed by atoms with Crippen LogP contribution in [0.3, 0.4) is 0 Å². The molecule has 4 rings (SSSR count). The molecule has 2 heterocycles. The zero-order chi connectivity index (χ0) is 25.3. The molecule has 0 aliphatic carbocycles. The fourth-order valence-corrected chi connectivity index (χ4v) is 3.92. The molecule has 0 atom stereocenters. The molecule has 184 valence electrons. The maximum Gasteiger partial charge on any atom is 0.311 e. The molecule has 3 aromatic rings. The highest BCUT2D eigenvalue weighted by atomic mass is 16.5. The third-order valence-corrected chi connectivity index (χ3v) is 5.72. The Labute approximate surface area is 210 Å². The molecule has 0 fully saturated rings. The van der Waals surface area contributed by atoms with Crippen LogP contribution in [0.5, 0.6) is 5.75 Å². The number of carbonyl (C=O) groups excluding carboxylic acids is 2. The van der Waals surface area contributed by atoms with E-state index in [2.05, 4.69) is 15.4 Å². The molecule has 8 nitrogen and oxygen atoms in total. The van der Waals surface area contributed by atoms with E-state index < -0.39 is 5.97 Å². The van der Waals surface area contributed by atoms with Gasteiger partial charge in [0.25, 0.3) is 5.91 Å². The smallest absolute Gasteiger partial charge is 0.311 e. The van der Waals surface area contributed by atoms with Crippen molar-refractivity contribution < 1.29 is 19.1 Å². The molecule has 0 unspecified atom stereocenters. The average molecular weight is 485 g/mol. The van der Waals surface area contributed by atoms with Crippen LogP contribution in [0, 0.1) is 0 Å². The number of hydrazone groups is 1. The number of aromatic nitrogens is 1. The van der Waals surface area contributed by atoms with E-state index in [1.807, 2.05) is 72.8 Å². The zero-order valence-corrected chi connectivity index (χ0v) is 20.3. The van der Waals surface area contributed by atoms with Gasteiger partial charge in [0.1, 0.15) is 5.75 Å². The Morgan fingerprint density at radius 1 is 0.944 bits per heavy atom. The van der Waals surface area contributed by atoms with E-state index in [0.717, 1.165) is 16.8 Å². The maximum atomic E-state index is 13.7. The van der Waals surface area contributed by atoms with E-state index in [4.69, 9.17) is 9.47 Å². The molecule has 0 bridgehead atoms. The van der Waals surface area contributed by atoms with Gasteiger partial charge in [-0.25, -0.2) is 5.01 Å². The van der Waals surface area contributed by atoms with Crippen LogP contribution >= 0.6 is 0 Å². The molecule has 0 saturated carbocycles. The zero-order valence-electron chi connectivity index (χ0n) is 20.3. The molecule has 0 radical (unpaired) electrons. The first-order valence-electron chi connectivity index (χ1n) is 11.6. The number of pyridine rings is 1. The van der Waals surface area contributed by atoms with Crippen LogP contribution in [0.15, 0.2) is 95.4 Å². The highest BCUT2D eigenvalue weighted by molar-refractivity contribution is 6.28. The lowest BCUT2D eigenvalue weighted by atomic mass is 10.00. The van der Waals surface area contributed by atoms with Gasteiger partial charge in [-0.3, -0.25) is 14.6 Å². The molecule has 1 amide bonds. The number of hydrogen-bond donors (Lipinski definition) is 1. The summed E-state index contributed by atoms with van der Waals surface area (Å²) in [7, 11) is 2.93. The summed E-state index contributed by atoms with van der Waals surface area (Å²) in [6.07, 6.45) is 2.01. The minimum absolute atomic E-state index is 0.115. The summed E-state index contributed by atoms with van der Waals surface area (Å²) < 4.78 is 10.3. The Morgan fingerprint density at radius 2 is 1.72 bits per heavy atom. The van der Waals surface area contributed by atoms with Gasteiger partial charge in [-0.05, 0) is 35.4 Å². The molecule has 1 N–H and O–H groups in total. The summed E-state index contributed by atoms with van der Waals surface area (Å²) in [5, 5.41) is 9.34. The van der Waals surface area contributed by atoms with E-state index in [9.17, 15) is 9.59 Å². The van der Waals surface area contributed by atoms with Crippen molar-refractivity contribution in [3.63, 3.8) is 0 Å². The topological polar surface area (TPSA) is 93.1 Å². The van der Waals surface area contributed by atoms with Crippen LogP contribution in [-0.4, -0.2) is 41.8 Å². The Balaban J connectivity index is 1.72. The summed E-state index contributed by atoms with van der Waals surface area (Å²) in [6.45, 7) is 0.696. The second kappa shape index (κ2) is 11.8. The molecule has 0 saturated heterocycles. The molecule has 0 spiro atoms. The van der Waals surface area contributed by atoms with Crippen LogP contribution < -0.4 is 10.1 Å². The fraction of sp³-hybridized carbons (Fsp3) is 0.214. The lowest BCUT2D eigenvalue weighted by Gasteiger charge is -2.16. The van der Waals surface area contributed by atoms with Gasteiger partial charge in [-0.1, -0.05) is 48.5 Å². The third-order valence-electron chi connectivity index (χ3n) is 5.72. The second-order valence-corrected chi connectivity index (χ2v) is 8.20. The fourth-order valence-electron chi connectivity index (χ4n) is 3.92. The van der Waals surface area contributed by atoms with Gasteiger partial charge in [0.2, 0.25) is 0 Å². The number of amides is 1. The first kappa shape index (κ1) is 24.7. The number of methoxy groups -OCH3 is 2. The van der Waals surface area contributed by atoms with Crippen LogP contribution in [0.1, 0.15) is 23.2 Å². The van der Waals surface area contributed by atoms with Gasteiger partial charge in [-0.15, -0.1) is 0 Å². The van der Waals surface area contributed by atoms with Crippen molar-refractivity contribution >= 4 is 17.6 Å². The van der Waals surface area contributed by atoms with Crippen molar-refractivity contribution in [2.75, 3.05) is 14.2 Å². The summed E-state index contributed by atoms with van der Waals surface area (Å²) >= 11 is 0. The van der Waals surface area contributed by atoms with Crippen LogP contribution in [-0.2, 0) is 33.8 Å². The predicted molar refractivity (Wildman–Crippen MR) is 136 cm³/mol. The van der Waals surface area contributed by atoms with Crippen molar-refractivity contribution in [1.29, 1.82) is 0 Å². The number of nitrogens with one attached hydrogen (secondary N) is 1. The normalized spacial score (nSPS) is 14.3. The van der Waals surface area contributed by atoms with Gasteiger partial charge < -0.3 is 14.8 Å². The highest BCUT2D eigenvalue weighted by Crippen LogP contribution is 2.25. The van der Waals surface area contributed by atoms with E-state index >= 15 is 0 Å². The lowest BCUT2D eigenvalue weighted by Crippen LogP contribution is -2.27. The number of allylic oxidation sites excluding steroid dienone is 1. The SMILES string of the molecule is COC(=O)CC1=NN(Cc2ccccc2)C(=O)C1=C(Cc1cccc(OC)c1)NCc1ccccn1. The minimum atomic E-state index is -0.467. The summed E-state index contributed by atoms with van der Waals surface area (Å²) in [6, 6.07) is 22.9. The highest BCUT2D eigenvalue weighted by Gasteiger charge is 2.34. The standard InChI is InChI=1S/C28H28N4O4/c1-35-23-13-8-11-21(15-23)16-24(30-18-22-12-6-7-14-29-22)27-25(17-26(33)36-2)31-32(28(27)34)19-20-9-4-3-5-10-20/h3-15,30H,16-19H2,1-2H3. The van der Waals surface area contributed by atoms with Gasteiger partial charge in [0, 0.05) is 18.3 Å². The predicted octanol–water partition coefficient (Wildman–Crippen LogP) is 3.64. The Morgan fingerprint density at radius 3 is 2.44 bits per heavy atom. The summed E-state index contributed by atoms with van der Waals surface area (Å²) in [5.41, 5.74) is 4.09. The minimum Gasteiger partial charge on any atom is -0.497 e. The number of esters is 1. The summed E-state index contributed by atoms with van der Waals surface area (Å²) in [5.74, 6) is -0.0243. The average Bonchev–Trinajstić information content (AvgIpc) is 3.21. The third kappa shape index (κ3) is 6.15. The Hall–Kier alpha value is -4.46. The molecule has 8 heteroatoms. The van der Waals surface area contributed by atoms with Gasteiger partial charge in [0.05, 0.1) is 50.7 Å². The van der Waals surface area contributed by atoms with Crippen molar-refractivity contribution in [2.45, 2.75) is 25.9 Å². The number of benzene rings is 2. The van der Waals surface area contributed by atoms with Crippen molar-refractivity contribution in [1.82, 2.24) is 15.3 Å². The first-order valence-corrected chi connectivity index (χ1v) is 11.6. The molecule has 36 heavy (non-hydrogen) atoms. The van der Waals surface area contributed by atoms with Gasteiger partial charge in [-0.2, -0.15) is 5.10 Å². The number of hydrogen-bond acceptors (Lipinski definition) is 7. The number of ether oxygens (including phenoxy) is 2. The van der Waals surface area contributed by atoms with Crippen LogP contribution in [0.25, 0.3) is 0 Å². The van der Waals surface area contributed by atoms with E-state index in [-0.39, 0.29) is 12.3 Å². The largest absolute Gasteiger partial charge is 0.497 e. The molecule has 1 aromatic heterocycles. The van der Waals surface area contributed by atoms with E-state index in [0.29, 0.717) is 42.2 Å². The quantitative estimate of drug-likeness (QED) is 0.349. The van der Waals surface area contributed by atoms with Crippen molar-refractivity contribution in [3.8, 4) is 5.75 Å².